The molecule has 2 N–H and O–H groups in total. The molecule has 1 unspecified atom stereocenters. The summed E-state index contributed by atoms with van der Waals surface area (Å²) in [6.45, 7) is 5.69. The van der Waals surface area contributed by atoms with Crippen LogP contribution in [-0.2, 0) is 25.5 Å². The topological polar surface area (TPSA) is 102 Å². The lowest BCUT2D eigenvalue weighted by atomic mass is 10.1. The molecule has 1 saturated carbocycles. The van der Waals surface area contributed by atoms with E-state index in [-0.39, 0.29) is 13.2 Å². The summed E-state index contributed by atoms with van der Waals surface area (Å²) >= 11 is 0. The number of carbonyl (C=O) groups is 2. The van der Waals surface area contributed by atoms with Crippen molar-refractivity contribution < 1.29 is 28.6 Å². The highest BCUT2D eigenvalue weighted by molar-refractivity contribution is 5.81. The maximum absolute atomic E-state index is 12.7. The summed E-state index contributed by atoms with van der Waals surface area (Å²) in [5.74, 6) is 0.569. The molecule has 10 nitrogen and oxygen atoms in total. The summed E-state index contributed by atoms with van der Waals surface area (Å²) in [6, 6.07) is 14.2. The number of hydrogen-bond donors (Lipinski definition) is 2. The first-order chi connectivity index (χ1) is 17.2. The lowest BCUT2D eigenvalue weighted by Crippen LogP contribution is -2.45. The Bertz CT molecular complexity index is 1050. The van der Waals surface area contributed by atoms with Crippen molar-refractivity contribution in [2.45, 2.75) is 51.7 Å². The second kappa shape index (κ2) is 11.0. The number of para-hydroxylation sites is 2. The Hall–Kier alpha value is -3.50. The van der Waals surface area contributed by atoms with Crippen LogP contribution in [0.15, 0.2) is 48.5 Å². The van der Waals surface area contributed by atoms with Crippen molar-refractivity contribution in [1.29, 1.82) is 0 Å². The lowest BCUT2D eigenvalue weighted by molar-refractivity contribution is -0.146. The second-order valence-electron chi connectivity index (χ2n) is 9.94. The molecule has 0 spiro atoms. The molecule has 0 saturated heterocycles. The van der Waals surface area contributed by atoms with Crippen molar-refractivity contribution in [3.8, 4) is 5.75 Å². The minimum Gasteiger partial charge on any atom is -0.465 e. The van der Waals surface area contributed by atoms with Crippen LogP contribution < -0.4 is 20.7 Å². The molecule has 1 aliphatic heterocycles. The Labute approximate surface area is 211 Å². The third-order valence-corrected chi connectivity index (χ3v) is 5.56. The van der Waals surface area contributed by atoms with Gasteiger partial charge < -0.3 is 19.5 Å². The van der Waals surface area contributed by atoms with Gasteiger partial charge in [-0.05, 0) is 69.4 Å². The highest BCUT2D eigenvalue weighted by Gasteiger charge is 2.29. The molecule has 1 aliphatic carbocycles. The number of ether oxygens (including phenoxy) is 3. The predicted octanol–water partition coefficient (Wildman–Crippen LogP) is 4.04. The Morgan fingerprint density at radius 2 is 1.83 bits per heavy atom. The van der Waals surface area contributed by atoms with E-state index in [1.807, 2.05) is 43.4 Å². The molecule has 10 heteroatoms. The highest BCUT2D eigenvalue weighted by atomic mass is 16.8. The van der Waals surface area contributed by atoms with Crippen molar-refractivity contribution in [3.05, 3.63) is 54.1 Å². The molecule has 0 radical (unpaired) electrons. The first-order valence-corrected chi connectivity index (χ1v) is 12.1. The minimum atomic E-state index is -0.855. The number of fused-ring (bicyclic) bond motifs is 1. The maximum Gasteiger partial charge on any atom is 0.408 e. The van der Waals surface area contributed by atoms with E-state index in [4.69, 9.17) is 19.0 Å². The van der Waals surface area contributed by atoms with Crippen molar-refractivity contribution in [1.82, 2.24) is 10.4 Å². The highest BCUT2D eigenvalue weighted by Crippen LogP contribution is 2.32. The summed E-state index contributed by atoms with van der Waals surface area (Å²) in [6.07, 6.45) is 1.75. The maximum atomic E-state index is 12.7. The number of esters is 1. The summed E-state index contributed by atoms with van der Waals surface area (Å²) in [5, 5.41) is 5.99. The van der Waals surface area contributed by atoms with E-state index < -0.39 is 23.7 Å². The monoisotopic (exact) mass is 498 g/mol. The number of benzene rings is 2. The molecular weight excluding hydrogens is 464 g/mol. The van der Waals surface area contributed by atoms with E-state index in [9.17, 15) is 9.59 Å². The smallest absolute Gasteiger partial charge is 0.408 e. The molecule has 0 aromatic heterocycles. The summed E-state index contributed by atoms with van der Waals surface area (Å²) in [7, 11) is 1.84. The Kier molecular flexibility index (Phi) is 7.85. The van der Waals surface area contributed by atoms with Gasteiger partial charge >= 0.3 is 12.1 Å². The number of alkyl carbamates (subject to hydrolysis) is 1. The fourth-order valence-corrected chi connectivity index (χ4v) is 3.60. The van der Waals surface area contributed by atoms with Crippen LogP contribution in [0.25, 0.3) is 0 Å². The molecule has 194 valence electrons. The van der Waals surface area contributed by atoms with Gasteiger partial charge in [0.25, 0.3) is 0 Å². The molecule has 4 rings (SSSR count). The zero-order chi connectivity index (χ0) is 25.7. The molecule has 1 atom stereocenters. The number of nitrogens with one attached hydrogen (secondary N) is 2. The van der Waals surface area contributed by atoms with Gasteiger partial charge in [0.15, 0.2) is 0 Å². The van der Waals surface area contributed by atoms with E-state index in [1.165, 1.54) is 0 Å². The molecule has 0 bridgehead atoms. The third kappa shape index (κ3) is 7.25. The van der Waals surface area contributed by atoms with Crippen LogP contribution in [0.3, 0.4) is 0 Å². The van der Waals surface area contributed by atoms with Gasteiger partial charge in [0.2, 0.25) is 6.79 Å². The molecular formula is C26H34N4O6. The van der Waals surface area contributed by atoms with E-state index in [0.29, 0.717) is 18.3 Å². The first-order valence-electron chi connectivity index (χ1n) is 12.1. The number of rotatable bonds is 10. The molecule has 2 aromatic carbocycles. The van der Waals surface area contributed by atoms with E-state index in [0.717, 1.165) is 29.8 Å². The summed E-state index contributed by atoms with van der Waals surface area (Å²) in [5.41, 5.74) is 5.17. The second-order valence-corrected chi connectivity index (χ2v) is 9.94. The Morgan fingerprint density at radius 3 is 2.53 bits per heavy atom. The molecule has 1 amide bonds. The van der Waals surface area contributed by atoms with Gasteiger partial charge in [0.1, 0.15) is 23.1 Å². The first kappa shape index (κ1) is 25.6. The fraction of sp³-hybridized carbons (Fsp3) is 0.462. The average molecular weight is 499 g/mol. The van der Waals surface area contributed by atoms with Crippen LogP contribution >= 0.6 is 0 Å². The van der Waals surface area contributed by atoms with Gasteiger partial charge in [-0.3, -0.25) is 5.43 Å². The normalized spacial score (nSPS) is 16.1. The number of hydrazine groups is 2. The third-order valence-electron chi connectivity index (χ3n) is 5.56. The van der Waals surface area contributed by atoms with Crippen LogP contribution in [0, 0.1) is 5.92 Å². The zero-order valence-electron chi connectivity index (χ0n) is 21.2. The fourth-order valence-electron chi connectivity index (χ4n) is 3.60. The standard InChI is InChI=1S/C26H34N4O6/c1-26(2,3)36-25(32)27-22(24(31)33-16-19-9-10-19)15-18-11-13-20(14-12-18)34-17-35-30-23-8-6-5-7-21(23)28-29(30)4/h5-8,11-14,19,22,28H,9-10,15-17H2,1-4H3,(H,27,32). The number of hydrogen-bond acceptors (Lipinski definition) is 9. The number of nitrogens with zero attached hydrogens (tertiary/aromatic N) is 2. The van der Waals surface area contributed by atoms with E-state index >= 15 is 0 Å². The molecule has 36 heavy (non-hydrogen) atoms. The molecule has 2 aromatic rings. The van der Waals surface area contributed by atoms with Crippen molar-refractivity contribution >= 4 is 23.4 Å². The van der Waals surface area contributed by atoms with Gasteiger partial charge in [-0.2, -0.15) is 5.17 Å². The average Bonchev–Trinajstić information content (AvgIpc) is 3.59. The zero-order valence-corrected chi connectivity index (χ0v) is 21.2. The number of amides is 1. The molecule has 1 heterocycles. The largest absolute Gasteiger partial charge is 0.465 e. The van der Waals surface area contributed by atoms with Crippen LogP contribution in [0.4, 0.5) is 16.2 Å². The van der Waals surface area contributed by atoms with E-state index in [2.05, 4.69) is 10.7 Å². The lowest BCUT2D eigenvalue weighted by Gasteiger charge is -2.24. The number of carbonyl (C=O) groups excluding carboxylic acids is 2. The van der Waals surface area contributed by atoms with Crippen LogP contribution in [0.1, 0.15) is 39.2 Å². The van der Waals surface area contributed by atoms with Gasteiger partial charge in [0, 0.05) is 13.5 Å². The Balaban J connectivity index is 1.31. The van der Waals surface area contributed by atoms with Crippen LogP contribution in [-0.4, -0.2) is 49.3 Å². The minimum absolute atomic E-state index is 0.00395. The van der Waals surface area contributed by atoms with Crippen LogP contribution in [0.5, 0.6) is 5.75 Å². The summed E-state index contributed by atoms with van der Waals surface area (Å²) < 4.78 is 16.5. The summed E-state index contributed by atoms with van der Waals surface area (Å²) in [4.78, 5) is 30.7. The number of anilines is 2. The van der Waals surface area contributed by atoms with Crippen molar-refractivity contribution in [2.24, 2.45) is 5.92 Å². The van der Waals surface area contributed by atoms with Gasteiger partial charge in [0.05, 0.1) is 12.3 Å². The van der Waals surface area contributed by atoms with E-state index in [1.54, 1.807) is 43.2 Å². The predicted molar refractivity (Wildman–Crippen MR) is 134 cm³/mol. The van der Waals surface area contributed by atoms with Crippen LogP contribution in [0.2, 0.25) is 0 Å². The van der Waals surface area contributed by atoms with Gasteiger partial charge in [-0.25, -0.2) is 14.4 Å². The van der Waals surface area contributed by atoms with Gasteiger partial charge in [-0.1, -0.05) is 24.3 Å². The van der Waals surface area contributed by atoms with Crippen molar-refractivity contribution in [3.63, 3.8) is 0 Å². The molecule has 2 aliphatic rings. The Morgan fingerprint density at radius 1 is 1.11 bits per heavy atom. The molecule has 1 fully saturated rings. The van der Waals surface area contributed by atoms with Gasteiger partial charge in [-0.15, -0.1) is 5.12 Å². The quantitative estimate of drug-likeness (QED) is 0.371. The SMILES string of the molecule is CN1Nc2ccccc2N1OCOc1ccc(CC(NC(=O)OC(C)(C)C)C(=O)OCC2CC2)cc1. The van der Waals surface area contributed by atoms with Crippen molar-refractivity contribution in [2.75, 3.05) is 31.0 Å².